The summed E-state index contributed by atoms with van der Waals surface area (Å²) in [6.45, 7) is 0. The second-order valence-electron chi connectivity index (χ2n) is 8.29. The van der Waals surface area contributed by atoms with Gasteiger partial charge in [-0.05, 0) is 53.1 Å². The zero-order chi connectivity index (χ0) is 22.3. The van der Waals surface area contributed by atoms with Crippen molar-refractivity contribution in [2.75, 3.05) is 38.0 Å². The van der Waals surface area contributed by atoms with Crippen LogP contribution in [0.1, 0.15) is 16.7 Å². The molecule has 0 aliphatic heterocycles. The summed E-state index contributed by atoms with van der Waals surface area (Å²) in [5.41, 5.74) is 4.41. The van der Waals surface area contributed by atoms with Gasteiger partial charge in [-0.25, -0.2) is 0 Å². The lowest BCUT2D eigenvalue weighted by molar-refractivity contribution is 0.145. The molecule has 0 bridgehead atoms. The minimum absolute atomic E-state index is 0.506. The van der Waals surface area contributed by atoms with Gasteiger partial charge in [-0.3, -0.25) is 0 Å². The van der Waals surface area contributed by atoms with E-state index in [0.717, 1.165) is 28.1 Å². The number of rotatable bonds is 8. The van der Waals surface area contributed by atoms with Gasteiger partial charge in [0.2, 0.25) is 0 Å². The third-order valence-electron chi connectivity index (χ3n) is 5.28. The topological polar surface area (TPSA) is 26.7 Å². The van der Waals surface area contributed by atoms with Crippen molar-refractivity contribution < 1.29 is 5.11 Å². The molecule has 0 atom stereocenters. The Morgan fingerprint density at radius 3 is 1.45 bits per heavy atom. The highest BCUT2D eigenvalue weighted by Crippen LogP contribution is 2.22. The Morgan fingerprint density at radius 2 is 1.06 bits per heavy atom. The molecule has 0 radical (unpaired) electrons. The average Bonchev–Trinajstić information content (AvgIpc) is 2.78. The van der Waals surface area contributed by atoms with E-state index in [9.17, 15) is 5.11 Å². The molecule has 0 aliphatic rings. The van der Waals surface area contributed by atoms with Crippen molar-refractivity contribution >= 4 is 23.5 Å². The Morgan fingerprint density at radius 1 is 0.645 bits per heavy atom. The first-order chi connectivity index (χ1) is 14.8. The molecule has 0 heterocycles. The van der Waals surface area contributed by atoms with Gasteiger partial charge >= 0.3 is 0 Å². The first kappa shape index (κ1) is 22.4. The highest BCUT2D eigenvalue weighted by molar-refractivity contribution is 5.60. The molecule has 3 aromatic rings. The summed E-state index contributed by atoms with van der Waals surface area (Å²) in [6.07, 6.45) is 8.25. The second-order valence-corrected chi connectivity index (χ2v) is 8.29. The van der Waals surface area contributed by atoms with Crippen LogP contribution >= 0.6 is 0 Å². The van der Waals surface area contributed by atoms with Crippen LogP contribution in [0.4, 0.5) is 11.4 Å². The maximum atomic E-state index is 11.5. The molecule has 3 rings (SSSR count). The van der Waals surface area contributed by atoms with Gasteiger partial charge in [0.15, 0.2) is 0 Å². The van der Waals surface area contributed by atoms with Crippen molar-refractivity contribution in [3.05, 3.63) is 108 Å². The van der Waals surface area contributed by atoms with Crippen LogP contribution in [0.3, 0.4) is 0 Å². The fourth-order valence-corrected chi connectivity index (χ4v) is 3.34. The Bertz CT molecular complexity index is 940. The quantitative estimate of drug-likeness (QED) is 0.528. The Kier molecular flexibility index (Phi) is 7.32. The molecular weight excluding hydrogens is 380 g/mol. The fourth-order valence-electron chi connectivity index (χ4n) is 3.34. The van der Waals surface area contributed by atoms with E-state index in [1.54, 1.807) is 0 Å². The van der Waals surface area contributed by atoms with Crippen molar-refractivity contribution in [1.29, 1.82) is 0 Å². The summed E-state index contributed by atoms with van der Waals surface area (Å²) in [7, 11) is 8.11. The van der Waals surface area contributed by atoms with Crippen LogP contribution in [0.2, 0.25) is 0 Å². The second kappa shape index (κ2) is 10.1. The zero-order valence-electron chi connectivity index (χ0n) is 18.9. The smallest absolute Gasteiger partial charge is 0.105 e. The van der Waals surface area contributed by atoms with Crippen molar-refractivity contribution in [2.24, 2.45) is 0 Å². The van der Waals surface area contributed by atoms with Crippen LogP contribution in [-0.2, 0) is 6.42 Å². The molecule has 0 aliphatic carbocycles. The zero-order valence-corrected chi connectivity index (χ0v) is 18.9. The van der Waals surface area contributed by atoms with Crippen LogP contribution in [0.5, 0.6) is 0 Å². The highest BCUT2D eigenvalue weighted by atomic mass is 16.3. The van der Waals surface area contributed by atoms with E-state index in [4.69, 9.17) is 0 Å². The van der Waals surface area contributed by atoms with Crippen LogP contribution in [-0.4, -0.2) is 38.9 Å². The Balaban J connectivity index is 1.85. The number of benzene rings is 3. The first-order valence-corrected chi connectivity index (χ1v) is 10.5. The molecule has 0 unspecified atom stereocenters. The minimum Gasteiger partial charge on any atom is -0.381 e. The molecule has 0 aromatic heterocycles. The van der Waals surface area contributed by atoms with Gasteiger partial charge < -0.3 is 14.9 Å². The van der Waals surface area contributed by atoms with E-state index < -0.39 is 5.60 Å². The standard InChI is InChI=1S/C28H32N2O/c1-29(2)26-14-10-23(11-15-26)18-20-28(31,22-25-8-6-5-7-9-25)21-19-24-12-16-27(17-13-24)30(3)4/h5-21,31H,22H2,1-4H3. The van der Waals surface area contributed by atoms with Gasteiger partial charge in [0.05, 0.1) is 0 Å². The SMILES string of the molecule is CN(C)c1ccc(C=CC(O)(C=Cc2ccc(N(C)C)cc2)Cc2ccccc2)cc1. The number of anilines is 2. The number of hydrogen-bond donors (Lipinski definition) is 1. The van der Waals surface area contributed by atoms with Gasteiger partial charge in [0.25, 0.3) is 0 Å². The molecule has 3 heteroatoms. The van der Waals surface area contributed by atoms with Crippen molar-refractivity contribution in [2.45, 2.75) is 12.0 Å². The molecule has 31 heavy (non-hydrogen) atoms. The summed E-state index contributed by atoms with van der Waals surface area (Å²) in [6, 6.07) is 26.7. The molecule has 160 valence electrons. The van der Waals surface area contributed by atoms with Gasteiger partial charge in [-0.2, -0.15) is 0 Å². The lowest BCUT2D eigenvalue weighted by atomic mass is 9.92. The molecule has 0 fully saturated rings. The van der Waals surface area contributed by atoms with Crippen LogP contribution in [0.25, 0.3) is 12.2 Å². The lowest BCUT2D eigenvalue weighted by Gasteiger charge is -2.21. The summed E-state index contributed by atoms with van der Waals surface area (Å²) in [5.74, 6) is 0. The normalized spacial score (nSPS) is 13.5. The van der Waals surface area contributed by atoms with Gasteiger partial charge in [-0.1, -0.05) is 66.7 Å². The summed E-state index contributed by atoms with van der Waals surface area (Å²) < 4.78 is 0. The maximum Gasteiger partial charge on any atom is 0.105 e. The highest BCUT2D eigenvalue weighted by Gasteiger charge is 2.20. The van der Waals surface area contributed by atoms with Crippen molar-refractivity contribution in [3.63, 3.8) is 0 Å². The van der Waals surface area contributed by atoms with E-state index in [2.05, 4.69) is 58.3 Å². The van der Waals surface area contributed by atoms with Gasteiger partial charge in [-0.15, -0.1) is 0 Å². The summed E-state index contributed by atoms with van der Waals surface area (Å²) in [4.78, 5) is 4.15. The van der Waals surface area contributed by atoms with E-state index in [1.165, 1.54) is 0 Å². The average molecular weight is 413 g/mol. The predicted molar refractivity (Wildman–Crippen MR) is 135 cm³/mol. The van der Waals surface area contributed by atoms with Crippen LogP contribution < -0.4 is 9.80 Å². The summed E-state index contributed by atoms with van der Waals surface area (Å²) >= 11 is 0. The Hall–Kier alpha value is -3.30. The molecular formula is C28H32N2O. The predicted octanol–water partition coefficient (Wildman–Crippen LogP) is 5.52. The molecule has 3 aromatic carbocycles. The number of hydrogen-bond acceptors (Lipinski definition) is 3. The van der Waals surface area contributed by atoms with Gasteiger partial charge in [0, 0.05) is 46.0 Å². The maximum absolute atomic E-state index is 11.5. The van der Waals surface area contributed by atoms with E-state index >= 15 is 0 Å². The molecule has 0 spiro atoms. The molecule has 1 N–H and O–H groups in total. The monoisotopic (exact) mass is 412 g/mol. The van der Waals surface area contributed by atoms with Crippen molar-refractivity contribution in [3.8, 4) is 0 Å². The molecule has 3 nitrogen and oxygen atoms in total. The summed E-state index contributed by atoms with van der Waals surface area (Å²) in [5, 5.41) is 11.5. The third-order valence-corrected chi connectivity index (χ3v) is 5.28. The number of aliphatic hydroxyl groups is 1. The van der Waals surface area contributed by atoms with E-state index in [1.807, 2.05) is 82.8 Å². The van der Waals surface area contributed by atoms with Crippen LogP contribution in [0, 0.1) is 0 Å². The molecule has 0 amide bonds. The van der Waals surface area contributed by atoms with E-state index in [-0.39, 0.29) is 0 Å². The first-order valence-electron chi connectivity index (χ1n) is 10.5. The van der Waals surface area contributed by atoms with E-state index in [0.29, 0.717) is 6.42 Å². The number of nitrogens with zero attached hydrogens (tertiary/aromatic N) is 2. The van der Waals surface area contributed by atoms with Crippen molar-refractivity contribution in [1.82, 2.24) is 0 Å². The van der Waals surface area contributed by atoms with Crippen LogP contribution in [0.15, 0.2) is 91.0 Å². The largest absolute Gasteiger partial charge is 0.381 e. The molecule has 0 saturated carbocycles. The fraction of sp³-hybridized carbons (Fsp3) is 0.214. The minimum atomic E-state index is -1.10. The molecule has 0 saturated heterocycles. The third kappa shape index (κ3) is 6.59. The van der Waals surface area contributed by atoms with Gasteiger partial charge in [0.1, 0.15) is 5.60 Å². The Labute approximate surface area is 186 Å². The lowest BCUT2D eigenvalue weighted by Crippen LogP contribution is -2.25.